The summed E-state index contributed by atoms with van der Waals surface area (Å²) < 4.78 is 19.6. The van der Waals surface area contributed by atoms with Gasteiger partial charge in [0.1, 0.15) is 5.82 Å². The fourth-order valence-corrected chi connectivity index (χ4v) is 2.20. The van der Waals surface area contributed by atoms with E-state index >= 15 is 0 Å². The highest BCUT2D eigenvalue weighted by atomic mass is 19.1. The summed E-state index contributed by atoms with van der Waals surface area (Å²) in [6, 6.07) is 14.0. The van der Waals surface area contributed by atoms with Gasteiger partial charge in [0, 0.05) is 6.42 Å². The molecule has 3 rings (SSSR count). The van der Waals surface area contributed by atoms with Crippen molar-refractivity contribution in [2.24, 2.45) is 0 Å². The lowest BCUT2D eigenvalue weighted by atomic mass is 10.0. The monoisotopic (exact) mass is 269 g/mol. The highest BCUT2D eigenvalue weighted by Gasteiger charge is 2.16. The predicted octanol–water partition coefficient (Wildman–Crippen LogP) is 3.11. The quantitative estimate of drug-likeness (QED) is 0.574. The third-order valence-electron chi connectivity index (χ3n) is 3.21. The van der Waals surface area contributed by atoms with Crippen LogP contribution in [-0.2, 0) is 6.42 Å². The molecule has 0 saturated heterocycles. The van der Waals surface area contributed by atoms with Crippen LogP contribution in [0.3, 0.4) is 0 Å². The average Bonchev–Trinajstić information content (AvgIpc) is 2.46. The molecule has 3 nitrogen and oxygen atoms in total. The number of rotatable bonds is 2. The molecule has 2 N–H and O–H groups in total. The summed E-state index contributed by atoms with van der Waals surface area (Å²) in [4.78, 5) is 11.9. The molecular formula is C16H12FNO2. The largest absolute Gasteiger partial charge is 0.420 e. The molecule has 0 aliphatic rings. The molecule has 0 saturated carbocycles. The van der Waals surface area contributed by atoms with Gasteiger partial charge < -0.3 is 10.2 Å². The van der Waals surface area contributed by atoms with Gasteiger partial charge in [-0.15, -0.1) is 0 Å². The first-order chi connectivity index (χ1) is 9.66. The van der Waals surface area contributed by atoms with Crippen LogP contribution in [0.15, 0.2) is 57.7 Å². The van der Waals surface area contributed by atoms with Crippen LogP contribution in [0.1, 0.15) is 11.1 Å². The van der Waals surface area contributed by atoms with E-state index in [0.717, 1.165) is 5.56 Å². The van der Waals surface area contributed by atoms with Gasteiger partial charge in [0.25, 0.3) is 0 Å². The third kappa shape index (κ3) is 2.05. The number of anilines is 1. The number of hydrogen-bond acceptors (Lipinski definition) is 3. The van der Waals surface area contributed by atoms with E-state index < -0.39 is 11.4 Å². The van der Waals surface area contributed by atoms with Gasteiger partial charge in [-0.25, -0.2) is 9.18 Å². The number of fused-ring (bicyclic) bond motifs is 1. The minimum absolute atomic E-state index is 0.0225. The van der Waals surface area contributed by atoms with E-state index in [9.17, 15) is 9.18 Å². The molecule has 0 fully saturated rings. The Hall–Kier alpha value is -2.62. The molecular weight excluding hydrogens is 257 g/mol. The maximum Gasteiger partial charge on any atom is 0.342 e. The second-order valence-electron chi connectivity index (χ2n) is 4.57. The Morgan fingerprint density at radius 1 is 1.05 bits per heavy atom. The number of para-hydroxylation sites is 1. The molecule has 2 aromatic carbocycles. The van der Waals surface area contributed by atoms with Crippen molar-refractivity contribution in [2.45, 2.75) is 6.42 Å². The van der Waals surface area contributed by atoms with Crippen LogP contribution in [0.2, 0.25) is 0 Å². The Labute approximate surface area is 114 Å². The Bertz CT molecular complexity index is 825. The fraction of sp³-hybridized carbons (Fsp3) is 0.0625. The molecule has 0 bridgehead atoms. The van der Waals surface area contributed by atoms with Crippen molar-refractivity contribution in [3.8, 4) is 0 Å². The van der Waals surface area contributed by atoms with Crippen LogP contribution >= 0.6 is 0 Å². The van der Waals surface area contributed by atoms with Crippen LogP contribution in [0.25, 0.3) is 11.0 Å². The van der Waals surface area contributed by atoms with E-state index in [4.69, 9.17) is 10.2 Å². The van der Waals surface area contributed by atoms with Crippen molar-refractivity contribution in [3.63, 3.8) is 0 Å². The van der Waals surface area contributed by atoms with Crippen LogP contribution in [0.5, 0.6) is 0 Å². The highest BCUT2D eigenvalue weighted by Crippen LogP contribution is 2.24. The van der Waals surface area contributed by atoms with E-state index in [2.05, 4.69) is 0 Å². The van der Waals surface area contributed by atoms with Crippen molar-refractivity contribution in [1.29, 1.82) is 0 Å². The molecule has 1 aromatic heterocycles. The van der Waals surface area contributed by atoms with E-state index in [1.54, 1.807) is 18.2 Å². The molecule has 100 valence electrons. The average molecular weight is 269 g/mol. The van der Waals surface area contributed by atoms with Gasteiger partial charge in [0.15, 0.2) is 5.58 Å². The Morgan fingerprint density at radius 3 is 2.55 bits per heavy atom. The SMILES string of the molecule is Nc1cccc2c(F)c(Cc3ccccc3)c(=O)oc12. The third-order valence-corrected chi connectivity index (χ3v) is 3.21. The number of nitrogen functional groups attached to an aromatic ring is 1. The molecule has 20 heavy (non-hydrogen) atoms. The molecule has 0 unspecified atom stereocenters. The van der Waals surface area contributed by atoms with E-state index in [0.29, 0.717) is 0 Å². The molecule has 0 aliphatic carbocycles. The molecule has 0 amide bonds. The summed E-state index contributed by atoms with van der Waals surface area (Å²) >= 11 is 0. The van der Waals surface area contributed by atoms with Gasteiger partial charge in [-0.1, -0.05) is 36.4 Å². The van der Waals surface area contributed by atoms with Crippen molar-refractivity contribution in [3.05, 3.63) is 75.9 Å². The van der Waals surface area contributed by atoms with E-state index in [1.807, 2.05) is 30.3 Å². The minimum atomic E-state index is -0.684. The zero-order valence-electron chi connectivity index (χ0n) is 10.6. The minimum Gasteiger partial charge on any atom is -0.420 e. The van der Waals surface area contributed by atoms with Crippen LogP contribution in [0, 0.1) is 5.82 Å². The molecule has 1 heterocycles. The van der Waals surface area contributed by atoms with E-state index in [-0.39, 0.29) is 28.6 Å². The molecule has 0 radical (unpaired) electrons. The normalized spacial score (nSPS) is 10.8. The van der Waals surface area contributed by atoms with Gasteiger partial charge in [-0.3, -0.25) is 0 Å². The fourth-order valence-electron chi connectivity index (χ4n) is 2.20. The Kier molecular flexibility index (Phi) is 2.99. The van der Waals surface area contributed by atoms with Gasteiger partial charge >= 0.3 is 5.63 Å². The molecule has 0 aliphatic heterocycles. The molecule has 4 heteroatoms. The van der Waals surface area contributed by atoms with Crippen molar-refractivity contribution < 1.29 is 8.81 Å². The summed E-state index contributed by atoms with van der Waals surface area (Å²) in [5, 5.41) is 0.232. The summed E-state index contributed by atoms with van der Waals surface area (Å²) in [6.45, 7) is 0. The zero-order chi connectivity index (χ0) is 14.1. The first kappa shape index (κ1) is 12.4. The maximum absolute atomic E-state index is 14.5. The second kappa shape index (κ2) is 4.81. The number of nitrogens with two attached hydrogens (primary N) is 1. The van der Waals surface area contributed by atoms with E-state index in [1.165, 1.54) is 0 Å². The topological polar surface area (TPSA) is 56.2 Å². The lowest BCUT2D eigenvalue weighted by Crippen LogP contribution is -2.12. The number of benzene rings is 2. The summed E-state index contributed by atoms with van der Waals surface area (Å²) in [7, 11) is 0. The van der Waals surface area contributed by atoms with Gasteiger partial charge in [0.05, 0.1) is 16.6 Å². The van der Waals surface area contributed by atoms with Gasteiger partial charge in [0.2, 0.25) is 0 Å². The summed E-state index contributed by atoms with van der Waals surface area (Å²) in [5.74, 6) is -0.563. The smallest absolute Gasteiger partial charge is 0.342 e. The molecule has 0 atom stereocenters. The van der Waals surface area contributed by atoms with Gasteiger partial charge in [-0.2, -0.15) is 0 Å². The van der Waals surface area contributed by atoms with Gasteiger partial charge in [-0.05, 0) is 17.7 Å². The lowest BCUT2D eigenvalue weighted by Gasteiger charge is -2.06. The zero-order valence-corrected chi connectivity index (χ0v) is 10.6. The van der Waals surface area contributed by atoms with Crippen molar-refractivity contribution in [2.75, 3.05) is 5.73 Å². The van der Waals surface area contributed by atoms with Crippen LogP contribution in [-0.4, -0.2) is 0 Å². The lowest BCUT2D eigenvalue weighted by molar-refractivity contribution is 0.525. The van der Waals surface area contributed by atoms with Crippen molar-refractivity contribution >= 4 is 16.7 Å². The summed E-state index contributed by atoms with van der Waals surface area (Å²) in [6.07, 6.45) is 0.194. The second-order valence-corrected chi connectivity index (χ2v) is 4.57. The highest BCUT2D eigenvalue weighted by molar-refractivity contribution is 5.88. The number of halogens is 1. The summed E-state index contributed by atoms with van der Waals surface area (Å²) in [5.41, 5.74) is 6.24. The van der Waals surface area contributed by atoms with Crippen molar-refractivity contribution in [1.82, 2.24) is 0 Å². The predicted molar refractivity (Wildman–Crippen MR) is 76.1 cm³/mol. The maximum atomic E-state index is 14.5. The Balaban J connectivity index is 2.19. The first-order valence-corrected chi connectivity index (χ1v) is 6.20. The van der Waals surface area contributed by atoms with Crippen LogP contribution in [0.4, 0.5) is 10.1 Å². The number of hydrogen-bond donors (Lipinski definition) is 1. The van der Waals surface area contributed by atoms with Crippen LogP contribution < -0.4 is 11.4 Å². The molecule has 3 aromatic rings. The standard InChI is InChI=1S/C16H12FNO2/c17-14-11-7-4-8-13(18)15(11)20-16(19)12(14)9-10-5-2-1-3-6-10/h1-8H,9,18H2. The molecule has 0 spiro atoms. The Morgan fingerprint density at radius 2 is 1.80 bits per heavy atom. The first-order valence-electron chi connectivity index (χ1n) is 6.20.